The summed E-state index contributed by atoms with van der Waals surface area (Å²) in [6, 6.07) is 15.7. The van der Waals surface area contributed by atoms with E-state index in [4.69, 9.17) is 18.9 Å². The molecular formula is C26H30O6. The first kappa shape index (κ1) is 24.7. The summed E-state index contributed by atoms with van der Waals surface area (Å²) >= 11 is 0. The van der Waals surface area contributed by atoms with Gasteiger partial charge in [-0.05, 0) is 49.2 Å². The van der Waals surface area contributed by atoms with Crippen LogP contribution in [0.1, 0.15) is 37.8 Å². The third-order valence-electron chi connectivity index (χ3n) is 4.63. The van der Waals surface area contributed by atoms with Crippen LogP contribution in [0, 0.1) is 0 Å². The van der Waals surface area contributed by atoms with Gasteiger partial charge >= 0.3 is 11.9 Å². The first-order valence-electron chi connectivity index (χ1n) is 10.4. The normalized spacial score (nSPS) is 10.4. The molecule has 0 amide bonds. The number of hydrogen-bond acceptors (Lipinski definition) is 6. The molecule has 0 saturated heterocycles. The van der Waals surface area contributed by atoms with Crippen molar-refractivity contribution < 1.29 is 28.5 Å². The molecule has 0 bridgehead atoms. The van der Waals surface area contributed by atoms with Gasteiger partial charge in [-0.15, -0.1) is 0 Å². The van der Waals surface area contributed by atoms with Crippen molar-refractivity contribution in [1.29, 1.82) is 0 Å². The lowest BCUT2D eigenvalue weighted by atomic mass is 9.93. The quantitative estimate of drug-likeness (QED) is 0.268. The van der Waals surface area contributed by atoms with E-state index in [1.807, 2.05) is 48.5 Å². The summed E-state index contributed by atoms with van der Waals surface area (Å²) in [4.78, 5) is 22.7. The van der Waals surface area contributed by atoms with Crippen LogP contribution in [-0.4, -0.2) is 38.4 Å². The van der Waals surface area contributed by atoms with Gasteiger partial charge in [0.15, 0.2) is 0 Å². The van der Waals surface area contributed by atoms with Crippen molar-refractivity contribution in [2.45, 2.75) is 26.7 Å². The molecule has 0 aromatic heterocycles. The van der Waals surface area contributed by atoms with Crippen LogP contribution in [0.25, 0.3) is 0 Å². The minimum atomic E-state index is -0.416. The fourth-order valence-corrected chi connectivity index (χ4v) is 2.73. The van der Waals surface area contributed by atoms with E-state index in [-0.39, 0.29) is 32.3 Å². The fourth-order valence-electron chi connectivity index (χ4n) is 2.73. The topological polar surface area (TPSA) is 71.1 Å². The van der Waals surface area contributed by atoms with Crippen molar-refractivity contribution in [3.05, 3.63) is 84.0 Å². The van der Waals surface area contributed by atoms with Crippen molar-refractivity contribution in [2.75, 3.05) is 26.4 Å². The summed E-state index contributed by atoms with van der Waals surface area (Å²) in [6.45, 7) is 13.3. The highest BCUT2D eigenvalue weighted by Gasteiger charge is 2.10. The Labute approximate surface area is 189 Å². The Kier molecular flexibility index (Phi) is 9.54. The molecule has 0 aliphatic heterocycles. The van der Waals surface area contributed by atoms with E-state index in [1.165, 1.54) is 0 Å². The minimum Gasteiger partial charge on any atom is -0.490 e. The molecule has 2 aromatic rings. The van der Waals surface area contributed by atoms with Crippen LogP contribution in [0.3, 0.4) is 0 Å². The van der Waals surface area contributed by atoms with Crippen molar-refractivity contribution in [2.24, 2.45) is 0 Å². The Morgan fingerprint density at radius 2 is 1.03 bits per heavy atom. The van der Waals surface area contributed by atoms with Crippen LogP contribution in [0.2, 0.25) is 0 Å². The van der Waals surface area contributed by atoms with Gasteiger partial charge in [0.2, 0.25) is 0 Å². The zero-order chi connectivity index (χ0) is 23.5. The average Bonchev–Trinajstić information content (AvgIpc) is 2.79. The van der Waals surface area contributed by atoms with Gasteiger partial charge in [0.05, 0.1) is 0 Å². The lowest BCUT2D eigenvalue weighted by Crippen LogP contribution is -2.12. The van der Waals surface area contributed by atoms with E-state index in [0.29, 0.717) is 22.6 Å². The maximum atomic E-state index is 11.3. The maximum Gasteiger partial charge on any atom is 0.333 e. The number of esters is 2. The number of benzene rings is 2. The van der Waals surface area contributed by atoms with Gasteiger partial charge in [0.1, 0.15) is 37.9 Å². The Morgan fingerprint density at radius 1 is 0.688 bits per heavy atom. The molecule has 0 aliphatic rings. The van der Waals surface area contributed by atoms with Crippen molar-refractivity contribution in [3.8, 4) is 11.5 Å². The molecule has 2 aromatic carbocycles. The fraction of sp³-hybridized carbons (Fsp3) is 0.308. The summed E-state index contributed by atoms with van der Waals surface area (Å²) in [5, 5.41) is 0. The number of ether oxygens (including phenoxy) is 4. The third kappa shape index (κ3) is 7.95. The zero-order valence-corrected chi connectivity index (χ0v) is 18.9. The number of carbonyl (C=O) groups excluding carboxylic acids is 2. The molecule has 170 valence electrons. The molecule has 0 atom stereocenters. The van der Waals surface area contributed by atoms with E-state index in [0.717, 1.165) is 11.1 Å². The summed E-state index contributed by atoms with van der Waals surface area (Å²) in [6.07, 6.45) is 0. The lowest BCUT2D eigenvalue weighted by molar-refractivity contribution is -0.140. The second kappa shape index (κ2) is 12.3. The molecule has 0 radical (unpaired) electrons. The van der Waals surface area contributed by atoms with Gasteiger partial charge in [-0.1, -0.05) is 44.3 Å². The van der Waals surface area contributed by atoms with Crippen molar-refractivity contribution in [3.63, 3.8) is 0 Å². The molecular weight excluding hydrogens is 408 g/mol. The highest BCUT2D eigenvalue weighted by atomic mass is 16.6. The van der Waals surface area contributed by atoms with Gasteiger partial charge in [0, 0.05) is 17.1 Å². The molecule has 0 aliphatic carbocycles. The van der Waals surface area contributed by atoms with Gasteiger partial charge in [0.25, 0.3) is 0 Å². The van der Waals surface area contributed by atoms with Crippen LogP contribution in [0.15, 0.2) is 72.8 Å². The Balaban J connectivity index is 1.80. The van der Waals surface area contributed by atoms with E-state index < -0.39 is 11.9 Å². The smallest absolute Gasteiger partial charge is 0.333 e. The summed E-state index contributed by atoms with van der Waals surface area (Å²) in [5.41, 5.74) is 3.02. The standard InChI is InChI=1S/C26H30O6/c1-18(2)25(27)31-16-14-29-23-10-6-21(7-11-23)20(5)22-8-12-24(13-9-22)30-15-17-32-26(28)19(3)4/h6-13,20H,1,3,14-17H2,2,4-5H3. The summed E-state index contributed by atoms with van der Waals surface area (Å²) < 4.78 is 21.2. The molecule has 6 heteroatoms. The monoisotopic (exact) mass is 438 g/mol. The van der Waals surface area contributed by atoms with Gasteiger partial charge in [-0.2, -0.15) is 0 Å². The van der Waals surface area contributed by atoms with Gasteiger partial charge in [-0.3, -0.25) is 0 Å². The van der Waals surface area contributed by atoms with Crippen LogP contribution < -0.4 is 9.47 Å². The number of carbonyl (C=O) groups is 2. The second-order valence-electron chi connectivity index (χ2n) is 7.39. The molecule has 0 saturated carbocycles. The minimum absolute atomic E-state index is 0.175. The van der Waals surface area contributed by atoms with Crippen molar-refractivity contribution >= 4 is 11.9 Å². The van der Waals surface area contributed by atoms with Crippen LogP contribution in [0.5, 0.6) is 11.5 Å². The van der Waals surface area contributed by atoms with Crippen LogP contribution >= 0.6 is 0 Å². The van der Waals surface area contributed by atoms with E-state index in [1.54, 1.807) is 13.8 Å². The Morgan fingerprint density at radius 3 is 1.34 bits per heavy atom. The van der Waals surface area contributed by atoms with Crippen LogP contribution in [-0.2, 0) is 19.1 Å². The predicted octanol–water partition coefficient (Wildman–Crippen LogP) is 4.83. The highest BCUT2D eigenvalue weighted by Crippen LogP contribution is 2.27. The average molecular weight is 439 g/mol. The van der Waals surface area contributed by atoms with Crippen molar-refractivity contribution in [1.82, 2.24) is 0 Å². The zero-order valence-electron chi connectivity index (χ0n) is 18.9. The summed E-state index contributed by atoms with van der Waals surface area (Å²) in [7, 11) is 0. The molecule has 2 rings (SSSR count). The molecule has 0 heterocycles. The SMILES string of the molecule is C=C(C)C(=O)OCCOc1ccc(C(C)c2ccc(OCCOC(=O)C(=C)C)cc2)cc1. The molecule has 32 heavy (non-hydrogen) atoms. The van der Waals surface area contributed by atoms with E-state index >= 15 is 0 Å². The lowest BCUT2D eigenvalue weighted by Gasteiger charge is -2.14. The van der Waals surface area contributed by atoms with Gasteiger partial charge in [-0.25, -0.2) is 9.59 Å². The maximum absolute atomic E-state index is 11.3. The Hall–Kier alpha value is -3.54. The summed E-state index contributed by atoms with van der Waals surface area (Å²) in [5.74, 6) is 0.777. The van der Waals surface area contributed by atoms with Gasteiger partial charge < -0.3 is 18.9 Å². The number of hydrogen-bond donors (Lipinski definition) is 0. The largest absolute Gasteiger partial charge is 0.490 e. The highest BCUT2D eigenvalue weighted by molar-refractivity contribution is 5.87. The number of rotatable bonds is 12. The molecule has 0 unspecified atom stereocenters. The molecule has 0 spiro atoms. The first-order chi connectivity index (χ1) is 15.3. The van der Waals surface area contributed by atoms with E-state index in [2.05, 4.69) is 20.1 Å². The predicted molar refractivity (Wildman–Crippen MR) is 123 cm³/mol. The second-order valence-corrected chi connectivity index (χ2v) is 7.39. The van der Waals surface area contributed by atoms with Crippen LogP contribution in [0.4, 0.5) is 0 Å². The molecule has 0 fully saturated rings. The third-order valence-corrected chi connectivity index (χ3v) is 4.63. The molecule has 0 N–H and O–H groups in total. The van der Waals surface area contributed by atoms with E-state index in [9.17, 15) is 9.59 Å². The molecule has 6 nitrogen and oxygen atoms in total. The Bertz CT molecular complexity index is 850. The first-order valence-corrected chi connectivity index (χ1v) is 10.4.